The van der Waals surface area contributed by atoms with Crippen LogP contribution >= 0.6 is 0 Å². The van der Waals surface area contributed by atoms with Crippen LogP contribution in [-0.4, -0.2) is 17.7 Å². The summed E-state index contributed by atoms with van der Waals surface area (Å²) in [5.41, 5.74) is 0.636. The maximum Gasteiger partial charge on any atom is 0.386 e. The van der Waals surface area contributed by atoms with Gasteiger partial charge in [0, 0.05) is 0 Å². The molecule has 0 fully saturated rings. The lowest BCUT2D eigenvalue weighted by Crippen LogP contribution is -2.11. The Morgan fingerprint density at radius 2 is 0.909 bits per heavy atom. The summed E-state index contributed by atoms with van der Waals surface area (Å²) in [6.45, 7) is 3.06. The Labute approximate surface area is 128 Å². The van der Waals surface area contributed by atoms with E-state index in [9.17, 15) is 14.4 Å². The highest BCUT2D eigenvalue weighted by Crippen LogP contribution is 2.05. The van der Waals surface area contributed by atoms with Crippen molar-refractivity contribution in [2.24, 2.45) is 0 Å². The Bertz CT molecular complexity index is 565. The zero-order valence-corrected chi connectivity index (χ0v) is 12.3. The molecule has 22 heavy (non-hydrogen) atoms. The zero-order chi connectivity index (χ0) is 16.4. The SMILES string of the molecule is CC(C)=O.O=C(OOC(=O)c1ccccc1)c1ccccc1. The van der Waals surface area contributed by atoms with Crippen molar-refractivity contribution in [3.05, 3.63) is 71.8 Å². The Balaban J connectivity index is 0.000000541. The number of benzene rings is 2. The normalized spacial score (nSPS) is 9.00. The fraction of sp³-hybridized carbons (Fsp3) is 0.118. The van der Waals surface area contributed by atoms with E-state index < -0.39 is 11.9 Å². The Hall–Kier alpha value is -2.95. The number of ketones is 1. The minimum absolute atomic E-state index is 0.167. The van der Waals surface area contributed by atoms with Gasteiger partial charge >= 0.3 is 11.9 Å². The molecular formula is C17H16O5. The maximum absolute atomic E-state index is 11.5. The van der Waals surface area contributed by atoms with E-state index in [2.05, 4.69) is 9.78 Å². The average molecular weight is 300 g/mol. The summed E-state index contributed by atoms with van der Waals surface area (Å²) < 4.78 is 0. The standard InChI is InChI=1S/C14H10O4.C3H6O/c15-13(11-7-3-1-4-8-11)17-18-14(16)12-9-5-2-6-10-12;1-3(2)4/h1-10H;1-2H3. The second kappa shape index (κ2) is 9.07. The zero-order valence-electron chi connectivity index (χ0n) is 12.3. The van der Waals surface area contributed by atoms with Gasteiger partial charge in [0.15, 0.2) is 0 Å². The van der Waals surface area contributed by atoms with Gasteiger partial charge in [-0.05, 0) is 38.1 Å². The lowest BCUT2D eigenvalue weighted by atomic mass is 10.2. The summed E-state index contributed by atoms with van der Waals surface area (Å²) in [5.74, 6) is -1.25. The highest BCUT2D eigenvalue weighted by atomic mass is 17.2. The number of carbonyl (C=O) groups excluding carboxylic acids is 3. The molecule has 0 unspecified atom stereocenters. The predicted octanol–water partition coefficient (Wildman–Crippen LogP) is 3.21. The van der Waals surface area contributed by atoms with Gasteiger partial charge in [-0.25, -0.2) is 19.4 Å². The van der Waals surface area contributed by atoms with Crippen molar-refractivity contribution >= 4 is 17.7 Å². The van der Waals surface area contributed by atoms with Crippen molar-refractivity contribution in [2.75, 3.05) is 0 Å². The van der Waals surface area contributed by atoms with E-state index in [4.69, 9.17) is 0 Å². The minimum atomic E-state index is -0.708. The van der Waals surface area contributed by atoms with Crippen molar-refractivity contribution in [3.63, 3.8) is 0 Å². The molecule has 114 valence electrons. The van der Waals surface area contributed by atoms with E-state index in [1.165, 1.54) is 13.8 Å². The fourth-order valence-electron chi connectivity index (χ4n) is 1.32. The monoisotopic (exact) mass is 300 g/mol. The molecule has 0 amide bonds. The molecule has 0 radical (unpaired) electrons. The summed E-state index contributed by atoms with van der Waals surface area (Å²) >= 11 is 0. The minimum Gasteiger partial charge on any atom is -0.300 e. The van der Waals surface area contributed by atoms with Gasteiger partial charge in [0.05, 0.1) is 11.1 Å². The molecule has 0 saturated carbocycles. The van der Waals surface area contributed by atoms with Gasteiger partial charge < -0.3 is 4.79 Å². The summed E-state index contributed by atoms with van der Waals surface area (Å²) in [5, 5.41) is 0. The van der Waals surface area contributed by atoms with Crippen molar-refractivity contribution < 1.29 is 24.2 Å². The second-order valence-electron chi connectivity index (χ2n) is 4.38. The van der Waals surface area contributed by atoms with Gasteiger partial charge in [0.25, 0.3) is 0 Å². The summed E-state index contributed by atoms with van der Waals surface area (Å²) in [4.78, 5) is 41.3. The highest BCUT2D eigenvalue weighted by molar-refractivity contribution is 5.92. The molecule has 0 N–H and O–H groups in total. The van der Waals surface area contributed by atoms with E-state index in [0.29, 0.717) is 11.1 Å². The van der Waals surface area contributed by atoms with Gasteiger partial charge in [-0.1, -0.05) is 36.4 Å². The van der Waals surface area contributed by atoms with E-state index in [-0.39, 0.29) is 5.78 Å². The quantitative estimate of drug-likeness (QED) is 0.629. The van der Waals surface area contributed by atoms with Crippen LogP contribution in [0.1, 0.15) is 34.6 Å². The van der Waals surface area contributed by atoms with Crippen LogP contribution in [-0.2, 0) is 14.6 Å². The van der Waals surface area contributed by atoms with Crippen molar-refractivity contribution in [1.29, 1.82) is 0 Å². The van der Waals surface area contributed by atoms with Crippen LogP contribution in [0.3, 0.4) is 0 Å². The topological polar surface area (TPSA) is 69.7 Å². The molecule has 2 aromatic rings. The average Bonchev–Trinajstić information content (AvgIpc) is 2.53. The molecule has 0 heterocycles. The third-order valence-electron chi connectivity index (χ3n) is 2.21. The summed E-state index contributed by atoms with van der Waals surface area (Å²) in [7, 11) is 0. The molecule has 0 bridgehead atoms. The van der Waals surface area contributed by atoms with E-state index in [0.717, 1.165) is 0 Å². The van der Waals surface area contributed by atoms with Crippen molar-refractivity contribution in [2.45, 2.75) is 13.8 Å². The van der Waals surface area contributed by atoms with Crippen LogP contribution in [0.5, 0.6) is 0 Å². The Morgan fingerprint density at radius 3 is 1.18 bits per heavy atom. The highest BCUT2D eigenvalue weighted by Gasteiger charge is 2.12. The van der Waals surface area contributed by atoms with Crippen LogP contribution in [0.4, 0.5) is 0 Å². The number of rotatable bonds is 2. The number of hydrogen-bond acceptors (Lipinski definition) is 5. The molecule has 5 nitrogen and oxygen atoms in total. The first-order valence-corrected chi connectivity index (χ1v) is 6.51. The van der Waals surface area contributed by atoms with Gasteiger partial charge in [0.1, 0.15) is 5.78 Å². The summed E-state index contributed by atoms with van der Waals surface area (Å²) in [6, 6.07) is 16.6. The van der Waals surface area contributed by atoms with Crippen LogP contribution < -0.4 is 0 Å². The lowest BCUT2D eigenvalue weighted by molar-refractivity contribution is -0.187. The van der Waals surface area contributed by atoms with E-state index >= 15 is 0 Å². The van der Waals surface area contributed by atoms with Crippen molar-refractivity contribution in [3.8, 4) is 0 Å². The Morgan fingerprint density at radius 1 is 0.636 bits per heavy atom. The second-order valence-corrected chi connectivity index (χ2v) is 4.38. The first kappa shape index (κ1) is 17.1. The van der Waals surface area contributed by atoms with Gasteiger partial charge in [-0.2, -0.15) is 0 Å². The lowest BCUT2D eigenvalue weighted by Gasteiger charge is -2.02. The van der Waals surface area contributed by atoms with Crippen molar-refractivity contribution in [1.82, 2.24) is 0 Å². The smallest absolute Gasteiger partial charge is 0.300 e. The largest absolute Gasteiger partial charge is 0.386 e. The third kappa shape index (κ3) is 6.47. The molecule has 2 rings (SSSR count). The number of Topliss-reactive ketones (excluding diaryl/α,β-unsaturated/α-hetero) is 1. The van der Waals surface area contributed by atoms with Gasteiger partial charge in [-0.3, -0.25) is 0 Å². The van der Waals surface area contributed by atoms with E-state index in [1.807, 2.05) is 0 Å². The first-order valence-electron chi connectivity index (χ1n) is 6.51. The van der Waals surface area contributed by atoms with Crippen LogP contribution in [0, 0.1) is 0 Å². The molecular weight excluding hydrogens is 284 g/mol. The van der Waals surface area contributed by atoms with Gasteiger partial charge in [0.2, 0.25) is 0 Å². The molecule has 0 aliphatic carbocycles. The third-order valence-corrected chi connectivity index (χ3v) is 2.21. The Kier molecular flexibility index (Phi) is 7.05. The molecule has 0 aliphatic rings. The molecule has 0 saturated heterocycles. The fourth-order valence-corrected chi connectivity index (χ4v) is 1.32. The summed E-state index contributed by atoms with van der Waals surface area (Å²) in [6.07, 6.45) is 0. The number of hydrogen-bond donors (Lipinski definition) is 0. The van der Waals surface area contributed by atoms with Crippen LogP contribution in [0.15, 0.2) is 60.7 Å². The molecule has 0 aromatic heterocycles. The predicted molar refractivity (Wildman–Crippen MR) is 80.1 cm³/mol. The molecule has 0 atom stereocenters. The number of carbonyl (C=O) groups is 3. The van der Waals surface area contributed by atoms with Crippen LogP contribution in [0.2, 0.25) is 0 Å². The van der Waals surface area contributed by atoms with Crippen LogP contribution in [0.25, 0.3) is 0 Å². The van der Waals surface area contributed by atoms with E-state index in [1.54, 1.807) is 60.7 Å². The molecule has 0 spiro atoms. The maximum atomic E-state index is 11.5. The molecule has 2 aromatic carbocycles. The molecule has 0 aliphatic heterocycles. The first-order chi connectivity index (χ1) is 10.5. The van der Waals surface area contributed by atoms with Gasteiger partial charge in [-0.15, -0.1) is 0 Å². The molecule has 5 heteroatoms.